The average Bonchev–Trinajstić information content (AvgIpc) is 3.19. The van der Waals surface area contributed by atoms with E-state index in [-0.39, 0.29) is 41.1 Å². The Morgan fingerprint density at radius 2 is 1.36 bits per heavy atom. The minimum atomic E-state index is -3.03. The van der Waals surface area contributed by atoms with Gasteiger partial charge >= 0.3 is 0 Å². The van der Waals surface area contributed by atoms with Crippen LogP contribution >= 0.6 is 0 Å². The molecule has 3 aliphatic heterocycles. The fraction of sp³-hybridized carbons (Fsp3) is 0.882. The van der Waals surface area contributed by atoms with Crippen LogP contribution in [0, 0.1) is 0 Å². The Balaban J connectivity index is 1.46. The maximum Gasteiger partial charge on any atom is 0.210 e. The van der Waals surface area contributed by atoms with Crippen molar-refractivity contribution >= 4 is 32.5 Å². The molecule has 2 atom stereocenters. The Bertz CT molecular complexity index is 777. The molecule has 0 N–H and O–H groups in total. The molecule has 0 aromatic heterocycles. The van der Waals surface area contributed by atoms with Crippen molar-refractivity contribution in [3.05, 3.63) is 0 Å². The maximum absolute atomic E-state index is 11.7. The summed E-state index contributed by atoms with van der Waals surface area (Å²) in [7, 11) is -6.06. The van der Waals surface area contributed by atoms with Crippen LogP contribution < -0.4 is 0 Å². The molecule has 3 rings (SSSR count). The Hall–Kier alpha value is -1.20. The topological polar surface area (TPSA) is 112 Å². The second kappa shape index (κ2) is 8.66. The molecule has 0 aromatic carbocycles. The van der Waals surface area contributed by atoms with Crippen molar-refractivity contribution in [1.29, 1.82) is 0 Å². The third kappa shape index (κ3) is 5.24. The molecule has 2 unspecified atom stereocenters. The van der Waals surface area contributed by atoms with Crippen LogP contribution in [0.25, 0.3) is 0 Å². The van der Waals surface area contributed by atoms with E-state index in [1.165, 1.54) is 0 Å². The van der Waals surface area contributed by atoms with Gasteiger partial charge in [-0.3, -0.25) is 9.59 Å². The van der Waals surface area contributed by atoms with Crippen LogP contribution in [0.4, 0.5) is 0 Å². The smallest absolute Gasteiger partial charge is 0.210 e. The summed E-state index contributed by atoms with van der Waals surface area (Å²) in [5.41, 5.74) is 0. The van der Waals surface area contributed by atoms with E-state index >= 15 is 0 Å². The highest BCUT2D eigenvalue weighted by Gasteiger charge is 2.36. The first-order valence-corrected chi connectivity index (χ1v) is 13.4. The van der Waals surface area contributed by atoms with Gasteiger partial charge in [-0.1, -0.05) is 0 Å². The maximum atomic E-state index is 11.7. The van der Waals surface area contributed by atoms with Crippen LogP contribution in [0.15, 0.2) is 0 Å². The molecule has 0 saturated carbocycles. The molecule has 3 saturated heterocycles. The normalized spacial score (nSPS) is 30.1. The van der Waals surface area contributed by atoms with Crippen LogP contribution in [-0.4, -0.2) is 112 Å². The zero-order valence-corrected chi connectivity index (χ0v) is 17.6. The molecule has 28 heavy (non-hydrogen) atoms. The van der Waals surface area contributed by atoms with Gasteiger partial charge in [-0.05, 0) is 25.7 Å². The molecule has 3 heterocycles. The highest BCUT2D eigenvalue weighted by atomic mass is 32.2. The molecule has 3 aliphatic rings. The van der Waals surface area contributed by atoms with Crippen LogP contribution in [0.3, 0.4) is 0 Å². The van der Waals surface area contributed by atoms with Crippen molar-refractivity contribution < 1.29 is 26.4 Å². The van der Waals surface area contributed by atoms with E-state index in [1.807, 2.05) is 0 Å². The van der Waals surface area contributed by atoms with Crippen LogP contribution in [0.5, 0.6) is 0 Å². The van der Waals surface area contributed by atoms with Gasteiger partial charge in [0.25, 0.3) is 0 Å². The minimum absolute atomic E-state index is 0.0480. The number of carbonyl (C=O) groups is 2. The number of nitrogens with zero attached hydrogens (tertiary/aromatic N) is 3. The van der Waals surface area contributed by atoms with E-state index < -0.39 is 19.7 Å². The second-order valence-corrected chi connectivity index (χ2v) is 12.5. The molecule has 9 nitrogen and oxygen atoms in total. The Morgan fingerprint density at radius 3 is 1.82 bits per heavy atom. The van der Waals surface area contributed by atoms with Crippen molar-refractivity contribution in [2.75, 3.05) is 49.2 Å². The number of sulfone groups is 2. The van der Waals surface area contributed by atoms with Gasteiger partial charge in [0.15, 0.2) is 19.7 Å². The lowest BCUT2D eigenvalue weighted by atomic mass is 10.0. The predicted octanol–water partition coefficient (Wildman–Crippen LogP) is -1.26. The number of carbonyl (C=O) groups excluding carboxylic acids is 2. The molecule has 0 bridgehead atoms. The van der Waals surface area contributed by atoms with E-state index in [1.54, 1.807) is 9.80 Å². The Kier molecular flexibility index (Phi) is 6.65. The quantitative estimate of drug-likeness (QED) is 0.438. The molecular weight excluding hydrogens is 406 g/mol. The standard InChI is InChI=1S/C17H29N3O6S2/c21-13-19(16-3-9-27(23,24)11-16)8-7-18-5-1-15(2-6-18)20(14-22)17-4-10-28(25,26)12-17/h13-17H,1-12H2. The molecular formula is C17H29N3O6S2. The lowest BCUT2D eigenvalue weighted by Gasteiger charge is -2.39. The molecule has 0 aromatic rings. The lowest BCUT2D eigenvalue weighted by Crippen LogP contribution is -2.50. The molecule has 160 valence electrons. The van der Waals surface area contributed by atoms with Gasteiger partial charge in [0, 0.05) is 44.3 Å². The molecule has 0 aliphatic carbocycles. The lowest BCUT2D eigenvalue weighted by molar-refractivity contribution is -0.123. The summed E-state index contributed by atoms with van der Waals surface area (Å²) in [6, 6.07) is -0.391. The van der Waals surface area contributed by atoms with Gasteiger partial charge in [0.2, 0.25) is 12.8 Å². The fourth-order valence-corrected chi connectivity index (χ4v) is 8.00. The minimum Gasteiger partial charge on any atom is -0.340 e. The average molecular weight is 436 g/mol. The van der Waals surface area contributed by atoms with Crippen molar-refractivity contribution in [3.8, 4) is 0 Å². The molecule has 2 amide bonds. The number of hydrogen-bond donors (Lipinski definition) is 0. The zero-order valence-electron chi connectivity index (χ0n) is 16.0. The third-order valence-corrected chi connectivity index (χ3v) is 9.72. The Morgan fingerprint density at radius 1 is 0.786 bits per heavy atom. The van der Waals surface area contributed by atoms with E-state index in [0.717, 1.165) is 38.8 Å². The van der Waals surface area contributed by atoms with E-state index in [2.05, 4.69) is 4.90 Å². The van der Waals surface area contributed by atoms with Crippen LogP contribution in [-0.2, 0) is 29.3 Å². The van der Waals surface area contributed by atoms with Gasteiger partial charge in [-0.25, -0.2) is 16.8 Å². The molecule has 11 heteroatoms. The number of piperidine rings is 1. The van der Waals surface area contributed by atoms with Crippen LogP contribution in [0.1, 0.15) is 25.7 Å². The van der Waals surface area contributed by atoms with Gasteiger partial charge in [0.05, 0.1) is 23.0 Å². The van der Waals surface area contributed by atoms with Gasteiger partial charge < -0.3 is 14.7 Å². The first-order chi connectivity index (χ1) is 13.2. The molecule has 0 radical (unpaired) electrons. The first-order valence-electron chi connectivity index (χ1n) is 9.80. The van der Waals surface area contributed by atoms with Crippen molar-refractivity contribution in [2.45, 2.75) is 43.8 Å². The second-order valence-electron chi connectivity index (χ2n) is 8.08. The fourth-order valence-electron chi connectivity index (χ4n) is 4.54. The van der Waals surface area contributed by atoms with E-state index in [9.17, 15) is 26.4 Å². The highest BCUT2D eigenvalue weighted by molar-refractivity contribution is 7.91. The zero-order chi connectivity index (χ0) is 20.4. The summed E-state index contributed by atoms with van der Waals surface area (Å²) < 4.78 is 46.6. The number of likely N-dealkylation sites (tertiary alicyclic amines) is 1. The Labute approximate surface area is 166 Å². The molecule has 0 spiro atoms. The van der Waals surface area contributed by atoms with Crippen LogP contribution in [0.2, 0.25) is 0 Å². The van der Waals surface area contributed by atoms with E-state index in [0.29, 0.717) is 25.9 Å². The number of rotatable bonds is 8. The number of hydrogen-bond acceptors (Lipinski definition) is 7. The SMILES string of the molecule is O=CN(CCN1CCC(N(C=O)C2CCS(=O)(=O)C2)CC1)C1CCS(=O)(=O)C1. The van der Waals surface area contributed by atoms with Gasteiger partial charge in [-0.15, -0.1) is 0 Å². The first kappa shape index (κ1) is 21.5. The van der Waals surface area contributed by atoms with Gasteiger partial charge in [-0.2, -0.15) is 0 Å². The summed E-state index contributed by atoms with van der Waals surface area (Å²) in [5.74, 6) is 0.405. The summed E-state index contributed by atoms with van der Waals surface area (Å²) >= 11 is 0. The summed E-state index contributed by atoms with van der Waals surface area (Å²) in [6.07, 6.45) is 4.09. The molecule has 3 fully saturated rings. The summed E-state index contributed by atoms with van der Waals surface area (Å²) in [5, 5.41) is 0. The van der Waals surface area contributed by atoms with E-state index in [4.69, 9.17) is 0 Å². The summed E-state index contributed by atoms with van der Waals surface area (Å²) in [6.45, 7) is 2.70. The third-order valence-electron chi connectivity index (χ3n) is 6.22. The van der Waals surface area contributed by atoms with Crippen molar-refractivity contribution in [1.82, 2.24) is 14.7 Å². The summed E-state index contributed by atoms with van der Waals surface area (Å²) in [4.78, 5) is 28.4. The van der Waals surface area contributed by atoms with Gasteiger partial charge in [0.1, 0.15) is 0 Å². The van der Waals surface area contributed by atoms with Crippen molar-refractivity contribution in [3.63, 3.8) is 0 Å². The number of amides is 2. The predicted molar refractivity (Wildman–Crippen MR) is 104 cm³/mol. The largest absolute Gasteiger partial charge is 0.340 e. The van der Waals surface area contributed by atoms with Crippen molar-refractivity contribution in [2.24, 2.45) is 0 Å². The highest BCUT2D eigenvalue weighted by Crippen LogP contribution is 2.24. The monoisotopic (exact) mass is 435 g/mol.